The lowest BCUT2D eigenvalue weighted by Gasteiger charge is -1.98. The summed E-state index contributed by atoms with van der Waals surface area (Å²) in [7, 11) is 0. The van der Waals surface area contributed by atoms with E-state index >= 15 is 0 Å². The minimum absolute atomic E-state index is 0.0972. The molecule has 1 saturated carbocycles. The van der Waals surface area contributed by atoms with Crippen molar-refractivity contribution in [3.05, 3.63) is 12.7 Å². The standard InChI is InChI=1S/C7H11OS/c1-2-7(9-8)5-3-4-6-7/h2H,1,3-6H2/q+1. The average Bonchev–Trinajstić information content (AvgIpc) is 2.36. The van der Waals surface area contributed by atoms with Crippen LogP contribution >= 0.6 is 0 Å². The van der Waals surface area contributed by atoms with E-state index in [1.807, 2.05) is 6.08 Å². The van der Waals surface area contributed by atoms with Crippen molar-refractivity contribution in [2.45, 2.75) is 30.4 Å². The van der Waals surface area contributed by atoms with Crippen LogP contribution in [0.1, 0.15) is 25.7 Å². The molecular weight excluding hydrogens is 132 g/mol. The van der Waals surface area contributed by atoms with Gasteiger partial charge in [0.25, 0.3) is 4.75 Å². The second-order valence-corrected chi connectivity index (χ2v) is 3.54. The first-order valence-corrected chi connectivity index (χ1v) is 4.02. The van der Waals surface area contributed by atoms with Crippen LogP contribution in [0.2, 0.25) is 0 Å². The minimum atomic E-state index is -0.0972. The molecule has 0 radical (unpaired) electrons. The van der Waals surface area contributed by atoms with Crippen molar-refractivity contribution < 1.29 is 4.21 Å². The molecule has 1 aliphatic rings. The van der Waals surface area contributed by atoms with Gasteiger partial charge in [0.1, 0.15) is 0 Å². The van der Waals surface area contributed by atoms with Gasteiger partial charge in [-0.1, -0.05) is 6.58 Å². The van der Waals surface area contributed by atoms with Crippen LogP contribution in [0.15, 0.2) is 12.7 Å². The fourth-order valence-electron chi connectivity index (χ4n) is 1.29. The van der Waals surface area contributed by atoms with Gasteiger partial charge in [-0.05, 0) is 18.9 Å². The summed E-state index contributed by atoms with van der Waals surface area (Å²) in [6, 6.07) is 0. The Bertz CT molecular complexity index is 115. The fourth-order valence-corrected chi connectivity index (χ4v) is 1.82. The van der Waals surface area contributed by atoms with Crippen LogP contribution in [-0.2, 0) is 15.9 Å². The summed E-state index contributed by atoms with van der Waals surface area (Å²) in [5, 5.41) is 0. The van der Waals surface area contributed by atoms with Crippen LogP contribution in [-0.4, -0.2) is 4.75 Å². The molecule has 1 aliphatic carbocycles. The van der Waals surface area contributed by atoms with Crippen LogP contribution in [0.5, 0.6) is 0 Å². The smallest absolute Gasteiger partial charge is 0.0971 e. The van der Waals surface area contributed by atoms with Gasteiger partial charge in [-0.3, -0.25) is 0 Å². The van der Waals surface area contributed by atoms with Crippen molar-refractivity contribution >= 4 is 11.7 Å². The third kappa shape index (κ3) is 1.18. The Morgan fingerprint density at radius 1 is 1.44 bits per heavy atom. The molecule has 0 aromatic carbocycles. The number of rotatable bonds is 2. The molecule has 0 amide bonds. The Morgan fingerprint density at radius 3 is 2.22 bits per heavy atom. The van der Waals surface area contributed by atoms with Crippen molar-refractivity contribution in [3.63, 3.8) is 0 Å². The molecule has 0 N–H and O–H groups in total. The summed E-state index contributed by atoms with van der Waals surface area (Å²) in [4.78, 5) is 0. The quantitative estimate of drug-likeness (QED) is 0.426. The molecule has 0 spiro atoms. The first-order chi connectivity index (χ1) is 4.33. The van der Waals surface area contributed by atoms with Crippen molar-refractivity contribution in [1.82, 2.24) is 0 Å². The normalized spacial score (nSPS) is 23.6. The lowest BCUT2D eigenvalue weighted by Crippen LogP contribution is -2.18. The van der Waals surface area contributed by atoms with Crippen LogP contribution in [0.25, 0.3) is 0 Å². The number of hydrogen-bond acceptors (Lipinski definition) is 1. The second-order valence-electron chi connectivity index (χ2n) is 2.56. The Balaban J connectivity index is 2.66. The highest BCUT2D eigenvalue weighted by Gasteiger charge is 2.43. The zero-order valence-electron chi connectivity index (χ0n) is 5.43. The molecule has 0 unspecified atom stereocenters. The van der Waals surface area contributed by atoms with Gasteiger partial charge >= 0.3 is 11.7 Å². The second kappa shape index (κ2) is 2.56. The zero-order chi connectivity index (χ0) is 6.74. The maximum atomic E-state index is 10.5. The molecule has 0 aliphatic heterocycles. The van der Waals surface area contributed by atoms with E-state index in [0.29, 0.717) is 11.7 Å². The summed E-state index contributed by atoms with van der Waals surface area (Å²) in [5.74, 6) is 0. The largest absolute Gasteiger partial charge is 0.469 e. The van der Waals surface area contributed by atoms with E-state index in [9.17, 15) is 4.21 Å². The summed E-state index contributed by atoms with van der Waals surface area (Å²) < 4.78 is 10.4. The summed E-state index contributed by atoms with van der Waals surface area (Å²) in [6.45, 7) is 3.66. The van der Waals surface area contributed by atoms with Crippen molar-refractivity contribution in [2.75, 3.05) is 0 Å². The van der Waals surface area contributed by atoms with E-state index in [1.165, 1.54) is 12.8 Å². The van der Waals surface area contributed by atoms with E-state index in [4.69, 9.17) is 0 Å². The molecule has 2 heteroatoms. The van der Waals surface area contributed by atoms with E-state index in [-0.39, 0.29) is 4.75 Å². The van der Waals surface area contributed by atoms with E-state index in [1.54, 1.807) is 0 Å². The fraction of sp³-hybridized carbons (Fsp3) is 0.714. The molecule has 0 saturated heterocycles. The van der Waals surface area contributed by atoms with Crippen LogP contribution in [0, 0.1) is 0 Å². The highest BCUT2D eigenvalue weighted by atomic mass is 32.1. The van der Waals surface area contributed by atoms with E-state index in [2.05, 4.69) is 6.58 Å². The Labute approximate surface area is 59.6 Å². The molecule has 0 aromatic heterocycles. The Morgan fingerprint density at radius 2 is 2.00 bits per heavy atom. The zero-order valence-corrected chi connectivity index (χ0v) is 6.25. The third-order valence-electron chi connectivity index (χ3n) is 1.99. The van der Waals surface area contributed by atoms with Gasteiger partial charge < -0.3 is 0 Å². The Hall–Kier alpha value is -0.240. The van der Waals surface area contributed by atoms with Crippen molar-refractivity contribution in [2.24, 2.45) is 0 Å². The first kappa shape index (κ1) is 6.87. The molecule has 0 aromatic rings. The topological polar surface area (TPSA) is 17.1 Å². The molecule has 1 nitrogen and oxygen atoms in total. The summed E-state index contributed by atoms with van der Waals surface area (Å²) >= 11 is 0.712. The number of hydrogen-bond donors (Lipinski definition) is 0. The van der Waals surface area contributed by atoms with Crippen molar-refractivity contribution in [3.8, 4) is 0 Å². The SMILES string of the molecule is C=CC1([S+]=O)CCCC1. The monoisotopic (exact) mass is 143 g/mol. The molecule has 0 atom stereocenters. The predicted molar refractivity (Wildman–Crippen MR) is 39.4 cm³/mol. The predicted octanol–water partition coefficient (Wildman–Crippen LogP) is 1.91. The van der Waals surface area contributed by atoms with Crippen molar-refractivity contribution in [1.29, 1.82) is 0 Å². The molecule has 0 bridgehead atoms. The average molecular weight is 143 g/mol. The van der Waals surface area contributed by atoms with Crippen LogP contribution in [0.4, 0.5) is 0 Å². The highest BCUT2D eigenvalue weighted by molar-refractivity contribution is 7.67. The molecule has 0 heterocycles. The summed E-state index contributed by atoms with van der Waals surface area (Å²) in [6.07, 6.45) is 6.27. The first-order valence-electron chi connectivity index (χ1n) is 3.27. The maximum absolute atomic E-state index is 10.5. The van der Waals surface area contributed by atoms with Gasteiger partial charge in [0, 0.05) is 17.1 Å². The van der Waals surface area contributed by atoms with Crippen LogP contribution in [0.3, 0.4) is 0 Å². The molecule has 50 valence electrons. The van der Waals surface area contributed by atoms with Gasteiger partial charge in [-0.2, -0.15) is 0 Å². The molecule has 9 heavy (non-hydrogen) atoms. The minimum Gasteiger partial charge on any atom is -0.0971 e. The van der Waals surface area contributed by atoms with Gasteiger partial charge in [-0.25, -0.2) is 0 Å². The van der Waals surface area contributed by atoms with Gasteiger partial charge in [0.2, 0.25) is 0 Å². The van der Waals surface area contributed by atoms with Crippen LogP contribution < -0.4 is 0 Å². The van der Waals surface area contributed by atoms with E-state index < -0.39 is 0 Å². The Kier molecular flexibility index (Phi) is 1.96. The maximum Gasteiger partial charge on any atom is 0.469 e. The van der Waals surface area contributed by atoms with Gasteiger partial charge in [-0.15, -0.1) is 0 Å². The molecular formula is C7H11OS+. The lowest BCUT2D eigenvalue weighted by atomic mass is 10.1. The third-order valence-corrected chi connectivity index (χ3v) is 2.89. The van der Waals surface area contributed by atoms with Gasteiger partial charge in [0.05, 0.1) is 0 Å². The molecule has 1 rings (SSSR count). The lowest BCUT2D eigenvalue weighted by molar-refractivity contribution is 0.583. The van der Waals surface area contributed by atoms with Gasteiger partial charge in [0.15, 0.2) is 0 Å². The summed E-state index contributed by atoms with van der Waals surface area (Å²) in [5.41, 5.74) is 0. The highest BCUT2D eigenvalue weighted by Crippen LogP contribution is 2.32. The van der Waals surface area contributed by atoms with E-state index in [0.717, 1.165) is 12.8 Å². The molecule has 1 fully saturated rings.